The molecule has 2 rings (SSSR count). The highest BCUT2D eigenvalue weighted by molar-refractivity contribution is 4.98. The Balaban J connectivity index is 1.63. The Morgan fingerprint density at radius 1 is 0.564 bits per heavy atom. The van der Waals surface area contributed by atoms with Gasteiger partial charge in [0.15, 0.2) is 0 Å². The maximum Gasteiger partial charge on any atom is 0.0107 e. The first kappa shape index (κ1) is 35.1. The average molecular weight is 548 g/mol. The van der Waals surface area contributed by atoms with E-state index in [1.54, 1.807) is 0 Å². The van der Waals surface area contributed by atoms with Gasteiger partial charge in [-0.2, -0.15) is 0 Å². The summed E-state index contributed by atoms with van der Waals surface area (Å²) in [5, 5.41) is 3.99. The van der Waals surface area contributed by atoms with Crippen molar-refractivity contribution in [3.05, 3.63) is 0 Å². The molecule has 0 aromatic carbocycles. The molecule has 2 fully saturated rings. The molecule has 1 spiro atoms. The molecule has 2 heterocycles. The molecule has 39 heavy (non-hydrogen) atoms. The summed E-state index contributed by atoms with van der Waals surface area (Å²) in [4.78, 5) is 5.62. The van der Waals surface area contributed by atoms with Crippen LogP contribution < -0.4 is 5.32 Å². The van der Waals surface area contributed by atoms with Crippen molar-refractivity contribution in [3.8, 4) is 0 Å². The SMILES string of the molecule is CCCCCCCC(CCCCC)NCCN1CC2(CCN(CC(CCCCCC)CCCCCC)CC2)C1. The van der Waals surface area contributed by atoms with Gasteiger partial charge in [-0.1, -0.05) is 130 Å². The van der Waals surface area contributed by atoms with E-state index in [-0.39, 0.29) is 0 Å². The number of hydrogen-bond acceptors (Lipinski definition) is 3. The van der Waals surface area contributed by atoms with Crippen molar-refractivity contribution in [2.75, 3.05) is 45.8 Å². The second-order valence-electron chi connectivity index (χ2n) is 13.9. The zero-order valence-electron chi connectivity index (χ0n) is 27.6. The Hall–Kier alpha value is -0.120. The lowest BCUT2D eigenvalue weighted by atomic mass is 9.72. The van der Waals surface area contributed by atoms with Crippen LogP contribution in [0.4, 0.5) is 0 Å². The first-order valence-electron chi connectivity index (χ1n) is 18.3. The zero-order valence-corrected chi connectivity index (χ0v) is 27.6. The fraction of sp³-hybridized carbons (Fsp3) is 1.00. The van der Waals surface area contributed by atoms with Gasteiger partial charge in [0.1, 0.15) is 0 Å². The van der Waals surface area contributed by atoms with Gasteiger partial charge >= 0.3 is 0 Å². The normalized spacial score (nSPS) is 18.7. The van der Waals surface area contributed by atoms with Crippen molar-refractivity contribution in [1.82, 2.24) is 15.1 Å². The summed E-state index contributed by atoms with van der Waals surface area (Å²) in [6, 6.07) is 0.758. The van der Waals surface area contributed by atoms with Gasteiger partial charge in [-0.3, -0.25) is 0 Å². The van der Waals surface area contributed by atoms with Gasteiger partial charge in [-0.25, -0.2) is 0 Å². The quantitative estimate of drug-likeness (QED) is 0.109. The average Bonchev–Trinajstić information content (AvgIpc) is 2.93. The molecular weight excluding hydrogens is 474 g/mol. The van der Waals surface area contributed by atoms with E-state index < -0.39 is 0 Å². The number of rotatable bonds is 26. The highest BCUT2D eigenvalue weighted by atomic mass is 15.2. The molecule has 1 unspecified atom stereocenters. The van der Waals surface area contributed by atoms with Gasteiger partial charge in [0.2, 0.25) is 0 Å². The summed E-state index contributed by atoms with van der Waals surface area (Å²) < 4.78 is 0. The van der Waals surface area contributed by atoms with E-state index in [4.69, 9.17) is 0 Å². The minimum absolute atomic E-state index is 0.661. The molecule has 0 bridgehead atoms. The smallest absolute Gasteiger partial charge is 0.0107 e. The maximum atomic E-state index is 3.99. The van der Waals surface area contributed by atoms with Crippen molar-refractivity contribution in [2.24, 2.45) is 11.3 Å². The molecule has 0 radical (unpaired) electrons. The number of piperidine rings is 1. The topological polar surface area (TPSA) is 18.5 Å². The highest BCUT2D eigenvalue weighted by Gasteiger charge is 2.44. The van der Waals surface area contributed by atoms with Gasteiger partial charge in [0, 0.05) is 38.8 Å². The summed E-state index contributed by atoms with van der Waals surface area (Å²) in [6.45, 7) is 18.7. The standard InChI is InChI=1S/C36H73N3/c1-5-9-13-16-20-24-35(23-17-12-8-4)37-27-30-39-32-36(33-39)25-28-38(29-26-36)31-34(21-18-14-10-6-2)22-19-15-11-7-3/h34-35,37H,5-33H2,1-4H3. The van der Waals surface area contributed by atoms with Crippen LogP contribution in [0.15, 0.2) is 0 Å². The highest BCUT2D eigenvalue weighted by Crippen LogP contribution is 2.40. The monoisotopic (exact) mass is 548 g/mol. The molecule has 0 aromatic rings. The van der Waals surface area contributed by atoms with Crippen LogP contribution in [0, 0.1) is 11.3 Å². The number of nitrogens with zero attached hydrogens (tertiary/aromatic N) is 2. The summed E-state index contributed by atoms with van der Waals surface area (Å²) in [5.41, 5.74) is 0.661. The van der Waals surface area contributed by atoms with Crippen molar-refractivity contribution in [3.63, 3.8) is 0 Å². The zero-order chi connectivity index (χ0) is 28.0. The van der Waals surface area contributed by atoms with Crippen molar-refractivity contribution in [1.29, 1.82) is 0 Å². The molecule has 2 aliphatic heterocycles. The lowest BCUT2D eigenvalue weighted by molar-refractivity contribution is -0.0481. The van der Waals surface area contributed by atoms with Crippen LogP contribution in [0.1, 0.15) is 169 Å². The van der Waals surface area contributed by atoms with E-state index in [1.165, 1.54) is 187 Å². The predicted octanol–water partition coefficient (Wildman–Crippen LogP) is 9.84. The lowest BCUT2D eigenvalue weighted by Crippen LogP contribution is -2.61. The van der Waals surface area contributed by atoms with Crippen LogP contribution >= 0.6 is 0 Å². The predicted molar refractivity (Wildman–Crippen MR) is 175 cm³/mol. The Kier molecular flexibility index (Phi) is 20.2. The minimum atomic E-state index is 0.661. The van der Waals surface area contributed by atoms with E-state index in [0.717, 1.165) is 12.0 Å². The number of likely N-dealkylation sites (tertiary alicyclic amines) is 2. The van der Waals surface area contributed by atoms with Crippen LogP contribution in [0.5, 0.6) is 0 Å². The van der Waals surface area contributed by atoms with Crippen LogP contribution in [-0.4, -0.2) is 61.7 Å². The number of hydrogen-bond donors (Lipinski definition) is 1. The van der Waals surface area contributed by atoms with Crippen LogP contribution in [0.2, 0.25) is 0 Å². The van der Waals surface area contributed by atoms with E-state index in [9.17, 15) is 0 Å². The number of unbranched alkanes of at least 4 members (excludes halogenated alkanes) is 12. The Morgan fingerprint density at radius 3 is 1.59 bits per heavy atom. The Morgan fingerprint density at radius 2 is 1.03 bits per heavy atom. The molecule has 0 saturated carbocycles. The van der Waals surface area contributed by atoms with Crippen molar-refractivity contribution in [2.45, 2.75) is 175 Å². The van der Waals surface area contributed by atoms with Gasteiger partial charge in [-0.15, -0.1) is 0 Å². The molecule has 0 aromatic heterocycles. The molecule has 0 aliphatic carbocycles. The van der Waals surface area contributed by atoms with Gasteiger partial charge in [0.05, 0.1) is 0 Å². The van der Waals surface area contributed by atoms with Gasteiger partial charge < -0.3 is 15.1 Å². The second-order valence-corrected chi connectivity index (χ2v) is 13.9. The fourth-order valence-corrected chi connectivity index (χ4v) is 7.41. The maximum absolute atomic E-state index is 3.99. The molecule has 3 nitrogen and oxygen atoms in total. The van der Waals surface area contributed by atoms with E-state index in [1.807, 2.05) is 0 Å². The van der Waals surface area contributed by atoms with Gasteiger partial charge in [0.25, 0.3) is 0 Å². The molecular formula is C36H73N3. The summed E-state index contributed by atoms with van der Waals surface area (Å²) in [6.07, 6.45) is 31.3. The third-order valence-corrected chi connectivity index (χ3v) is 10.2. The molecule has 2 saturated heterocycles. The van der Waals surface area contributed by atoms with Crippen LogP contribution in [0.25, 0.3) is 0 Å². The first-order chi connectivity index (χ1) is 19.1. The summed E-state index contributed by atoms with van der Waals surface area (Å²) in [5.74, 6) is 0.952. The van der Waals surface area contributed by atoms with Gasteiger partial charge in [-0.05, 0) is 62.9 Å². The summed E-state index contributed by atoms with van der Waals surface area (Å²) >= 11 is 0. The largest absolute Gasteiger partial charge is 0.313 e. The third kappa shape index (κ3) is 15.6. The molecule has 1 atom stereocenters. The van der Waals surface area contributed by atoms with Crippen LogP contribution in [0.3, 0.4) is 0 Å². The minimum Gasteiger partial charge on any atom is -0.313 e. The molecule has 3 heteroatoms. The molecule has 1 N–H and O–H groups in total. The van der Waals surface area contributed by atoms with E-state index in [0.29, 0.717) is 5.41 Å². The fourth-order valence-electron chi connectivity index (χ4n) is 7.41. The Labute approximate surface area is 247 Å². The third-order valence-electron chi connectivity index (χ3n) is 10.2. The first-order valence-corrected chi connectivity index (χ1v) is 18.3. The molecule has 232 valence electrons. The number of nitrogens with one attached hydrogen (secondary N) is 1. The van der Waals surface area contributed by atoms with E-state index >= 15 is 0 Å². The second kappa shape index (κ2) is 22.5. The Bertz CT molecular complexity index is 521. The van der Waals surface area contributed by atoms with Crippen molar-refractivity contribution >= 4 is 0 Å². The lowest BCUT2D eigenvalue weighted by Gasteiger charge is -2.54. The summed E-state index contributed by atoms with van der Waals surface area (Å²) in [7, 11) is 0. The van der Waals surface area contributed by atoms with Crippen LogP contribution in [-0.2, 0) is 0 Å². The van der Waals surface area contributed by atoms with Crippen molar-refractivity contribution < 1.29 is 0 Å². The molecule has 0 amide bonds. The van der Waals surface area contributed by atoms with E-state index in [2.05, 4.69) is 42.8 Å². The molecule has 2 aliphatic rings.